The average Bonchev–Trinajstić information content (AvgIpc) is 3.32. The minimum atomic E-state index is -4.61. The molecule has 0 saturated carbocycles. The smallest absolute Gasteiger partial charge is 0.417 e. The van der Waals surface area contributed by atoms with Crippen LogP contribution in [-0.4, -0.2) is 18.3 Å². The van der Waals surface area contributed by atoms with Gasteiger partial charge in [0.2, 0.25) is 0 Å². The van der Waals surface area contributed by atoms with E-state index >= 15 is 0 Å². The van der Waals surface area contributed by atoms with Gasteiger partial charge in [-0.25, -0.2) is 4.90 Å². The van der Waals surface area contributed by atoms with Gasteiger partial charge in [0.15, 0.2) is 0 Å². The van der Waals surface area contributed by atoms with Crippen LogP contribution in [-0.2, 0) is 11.0 Å². The summed E-state index contributed by atoms with van der Waals surface area (Å²) in [7, 11) is 1.43. The number of anilines is 1. The van der Waals surface area contributed by atoms with Crippen molar-refractivity contribution in [2.45, 2.75) is 6.18 Å². The molecule has 2 amide bonds. The minimum absolute atomic E-state index is 0.105. The second-order valence-electron chi connectivity index (χ2n) is 6.58. The number of hydrogen-bond acceptors (Lipinski definition) is 5. The Bertz CT molecular complexity index is 1250. The molecule has 1 saturated heterocycles. The Kier molecular flexibility index (Phi) is 5.79. The minimum Gasteiger partial charge on any atom is -0.495 e. The number of imide groups is 1. The number of amides is 2. The molecule has 2 heterocycles. The van der Waals surface area contributed by atoms with E-state index in [4.69, 9.17) is 20.8 Å². The Hall–Kier alpha value is -3.17. The van der Waals surface area contributed by atoms with Crippen molar-refractivity contribution in [2.75, 3.05) is 12.0 Å². The zero-order valence-corrected chi connectivity index (χ0v) is 17.8. The van der Waals surface area contributed by atoms with Crippen LogP contribution in [0.5, 0.6) is 5.75 Å². The first-order chi connectivity index (χ1) is 15.2. The summed E-state index contributed by atoms with van der Waals surface area (Å²) in [6.45, 7) is 0. The van der Waals surface area contributed by atoms with Gasteiger partial charge in [0, 0.05) is 11.6 Å². The van der Waals surface area contributed by atoms with Gasteiger partial charge in [0.25, 0.3) is 11.1 Å². The first kappa shape index (κ1) is 22.0. The molecule has 1 aromatic heterocycles. The van der Waals surface area contributed by atoms with Crippen LogP contribution in [0.4, 0.5) is 23.7 Å². The molecule has 0 N–H and O–H groups in total. The van der Waals surface area contributed by atoms with Gasteiger partial charge in [-0.3, -0.25) is 9.59 Å². The quantitative estimate of drug-likeness (QED) is 0.382. The first-order valence-corrected chi connectivity index (χ1v) is 10.3. The summed E-state index contributed by atoms with van der Waals surface area (Å²) in [5.74, 6) is 0.157. The maximum Gasteiger partial charge on any atom is 0.417 e. The zero-order valence-electron chi connectivity index (χ0n) is 16.3. The SMILES string of the molecule is COc1ccccc1N1C(=O)S/C(=C\c2ccc(-c3ccc(Cl)c(C(F)(F)F)c3)o2)C1=O. The molecule has 1 fully saturated rings. The topological polar surface area (TPSA) is 59.8 Å². The van der Waals surface area contributed by atoms with E-state index in [1.165, 1.54) is 31.4 Å². The fraction of sp³-hybridized carbons (Fsp3) is 0.0909. The Morgan fingerprint density at radius 3 is 2.56 bits per heavy atom. The molecule has 3 aromatic rings. The van der Waals surface area contributed by atoms with E-state index in [2.05, 4.69) is 0 Å². The number of para-hydroxylation sites is 2. The third kappa shape index (κ3) is 4.13. The molecule has 10 heteroatoms. The number of furan rings is 1. The highest BCUT2D eigenvalue weighted by Gasteiger charge is 2.38. The molecule has 0 spiro atoms. The third-order valence-electron chi connectivity index (χ3n) is 4.58. The lowest BCUT2D eigenvalue weighted by Gasteiger charge is -2.15. The predicted molar refractivity (Wildman–Crippen MR) is 116 cm³/mol. The Balaban J connectivity index is 1.63. The summed E-state index contributed by atoms with van der Waals surface area (Å²) in [5.41, 5.74) is -0.502. The van der Waals surface area contributed by atoms with Gasteiger partial charge in [-0.2, -0.15) is 13.2 Å². The van der Waals surface area contributed by atoms with E-state index in [-0.39, 0.29) is 22.0 Å². The van der Waals surface area contributed by atoms with Crippen LogP contribution in [0.3, 0.4) is 0 Å². The molecule has 32 heavy (non-hydrogen) atoms. The first-order valence-electron chi connectivity index (χ1n) is 9.07. The number of ether oxygens (including phenoxy) is 1. The van der Waals surface area contributed by atoms with Crippen molar-refractivity contribution in [3.63, 3.8) is 0 Å². The number of hydrogen-bond donors (Lipinski definition) is 0. The fourth-order valence-electron chi connectivity index (χ4n) is 3.10. The molecule has 0 radical (unpaired) electrons. The number of benzene rings is 2. The maximum absolute atomic E-state index is 13.1. The second-order valence-corrected chi connectivity index (χ2v) is 7.98. The molecule has 5 nitrogen and oxygen atoms in total. The van der Waals surface area contributed by atoms with Crippen molar-refractivity contribution in [1.82, 2.24) is 0 Å². The van der Waals surface area contributed by atoms with E-state index in [0.717, 1.165) is 28.8 Å². The van der Waals surface area contributed by atoms with E-state index in [9.17, 15) is 22.8 Å². The molecule has 0 bridgehead atoms. The molecule has 0 aliphatic carbocycles. The number of nitrogens with zero attached hydrogens (tertiary/aromatic N) is 1. The van der Waals surface area contributed by atoms with Gasteiger partial charge in [-0.15, -0.1) is 0 Å². The number of carbonyl (C=O) groups is 2. The molecule has 0 atom stereocenters. The van der Waals surface area contributed by atoms with Crippen molar-refractivity contribution in [2.24, 2.45) is 0 Å². The average molecular weight is 480 g/mol. The number of thioether (sulfide) groups is 1. The number of rotatable bonds is 4. The fourth-order valence-corrected chi connectivity index (χ4v) is 4.14. The molecular weight excluding hydrogens is 467 g/mol. The van der Waals surface area contributed by atoms with Crippen molar-refractivity contribution in [1.29, 1.82) is 0 Å². The lowest BCUT2D eigenvalue weighted by atomic mass is 10.1. The maximum atomic E-state index is 13.1. The van der Waals surface area contributed by atoms with E-state index in [1.807, 2.05) is 0 Å². The Labute approximate surface area is 189 Å². The lowest BCUT2D eigenvalue weighted by Crippen LogP contribution is -2.28. The van der Waals surface area contributed by atoms with Crippen LogP contribution in [0.15, 0.2) is 63.9 Å². The van der Waals surface area contributed by atoms with Crippen LogP contribution in [0.2, 0.25) is 5.02 Å². The highest BCUT2D eigenvalue weighted by molar-refractivity contribution is 8.19. The summed E-state index contributed by atoms with van der Waals surface area (Å²) in [6.07, 6.45) is -3.25. The van der Waals surface area contributed by atoms with Gasteiger partial charge < -0.3 is 9.15 Å². The van der Waals surface area contributed by atoms with Gasteiger partial charge in [0.1, 0.15) is 17.3 Å². The second kappa shape index (κ2) is 8.40. The molecule has 0 unspecified atom stereocenters. The van der Waals surface area contributed by atoms with Gasteiger partial charge in [-0.1, -0.05) is 23.7 Å². The molecule has 4 rings (SSSR count). The van der Waals surface area contributed by atoms with Gasteiger partial charge in [-0.05, 0) is 54.2 Å². The molecule has 2 aromatic carbocycles. The van der Waals surface area contributed by atoms with Crippen LogP contribution >= 0.6 is 23.4 Å². The van der Waals surface area contributed by atoms with Gasteiger partial charge in [0.05, 0.1) is 28.3 Å². The van der Waals surface area contributed by atoms with E-state index in [0.29, 0.717) is 11.4 Å². The summed E-state index contributed by atoms with van der Waals surface area (Å²) >= 11 is 6.38. The van der Waals surface area contributed by atoms with Crippen molar-refractivity contribution >= 4 is 46.3 Å². The van der Waals surface area contributed by atoms with Crippen LogP contribution in [0.25, 0.3) is 17.4 Å². The van der Waals surface area contributed by atoms with Crippen molar-refractivity contribution in [3.8, 4) is 17.1 Å². The molecule has 1 aliphatic heterocycles. The van der Waals surface area contributed by atoms with Crippen LogP contribution < -0.4 is 9.64 Å². The number of methoxy groups -OCH3 is 1. The van der Waals surface area contributed by atoms with Crippen LogP contribution in [0, 0.1) is 0 Å². The largest absolute Gasteiger partial charge is 0.495 e. The van der Waals surface area contributed by atoms with E-state index < -0.39 is 27.9 Å². The Morgan fingerprint density at radius 2 is 1.84 bits per heavy atom. The summed E-state index contributed by atoms with van der Waals surface area (Å²) in [6, 6.07) is 13.0. The number of halogens is 4. The standard InChI is InChI=1S/C22H13ClF3NO4S/c1-30-18-5-3-2-4-16(18)27-20(28)19(32-21(27)29)11-13-7-9-17(31-13)12-6-8-15(23)14(10-12)22(24,25)26/h2-11H,1H3/b19-11-. The zero-order chi connectivity index (χ0) is 23.0. The molecule has 1 aliphatic rings. The summed E-state index contributed by atoms with van der Waals surface area (Å²) in [5, 5.41) is -0.928. The highest BCUT2D eigenvalue weighted by atomic mass is 35.5. The van der Waals surface area contributed by atoms with Crippen molar-refractivity contribution in [3.05, 3.63) is 75.8 Å². The summed E-state index contributed by atoms with van der Waals surface area (Å²) in [4.78, 5) is 26.4. The monoisotopic (exact) mass is 479 g/mol. The predicted octanol–water partition coefficient (Wildman–Crippen LogP) is 6.87. The Morgan fingerprint density at radius 1 is 1.09 bits per heavy atom. The third-order valence-corrected chi connectivity index (χ3v) is 5.78. The summed E-state index contributed by atoms with van der Waals surface area (Å²) < 4.78 is 50.2. The molecular formula is C22H13ClF3NO4S. The lowest BCUT2D eigenvalue weighted by molar-refractivity contribution is -0.137. The van der Waals surface area contributed by atoms with Crippen molar-refractivity contribution < 1.29 is 31.9 Å². The van der Waals surface area contributed by atoms with Crippen LogP contribution in [0.1, 0.15) is 11.3 Å². The molecule has 164 valence electrons. The number of carbonyl (C=O) groups excluding carboxylic acids is 2. The highest BCUT2D eigenvalue weighted by Crippen LogP contribution is 2.40. The van der Waals surface area contributed by atoms with E-state index in [1.54, 1.807) is 24.3 Å². The number of alkyl halides is 3. The normalized spacial score (nSPS) is 15.7. The van der Waals surface area contributed by atoms with Gasteiger partial charge >= 0.3 is 6.18 Å².